The first-order valence-corrected chi connectivity index (χ1v) is 6.96. The van der Waals surface area contributed by atoms with Crippen molar-refractivity contribution >= 4 is 16.3 Å². The molecule has 0 amide bonds. The van der Waals surface area contributed by atoms with Gasteiger partial charge in [0.15, 0.2) is 0 Å². The molecule has 0 fully saturated rings. The Kier molecular flexibility index (Phi) is 3.28. The second kappa shape index (κ2) is 5.10. The number of hydrogen-bond acceptors (Lipinski definition) is 7. The highest BCUT2D eigenvalue weighted by atomic mass is 32.1. The van der Waals surface area contributed by atoms with Gasteiger partial charge in [-0.25, -0.2) is 9.67 Å². The molecule has 3 rings (SSSR count). The maximum Gasteiger partial charge on any atom is 0.275 e. The zero-order valence-corrected chi connectivity index (χ0v) is 11.5. The maximum atomic E-state index is 11.8. The van der Waals surface area contributed by atoms with E-state index in [1.165, 1.54) is 21.9 Å². The van der Waals surface area contributed by atoms with Crippen molar-refractivity contribution in [2.24, 2.45) is 0 Å². The molecule has 0 saturated heterocycles. The van der Waals surface area contributed by atoms with Crippen molar-refractivity contribution in [2.75, 3.05) is 0 Å². The molecule has 3 heterocycles. The Morgan fingerprint density at radius 2 is 2.35 bits per heavy atom. The Morgan fingerprint density at radius 3 is 3.15 bits per heavy atom. The number of fused-ring (bicyclic) bond motifs is 1. The molecule has 0 radical (unpaired) electrons. The highest BCUT2D eigenvalue weighted by Gasteiger charge is 2.11. The molecule has 8 nitrogen and oxygen atoms in total. The first-order valence-electron chi connectivity index (χ1n) is 6.08. The molecular formula is C11H12N6O2S. The van der Waals surface area contributed by atoms with Gasteiger partial charge >= 0.3 is 0 Å². The van der Waals surface area contributed by atoms with Gasteiger partial charge in [-0.1, -0.05) is 23.5 Å². The van der Waals surface area contributed by atoms with Crippen LogP contribution in [0.3, 0.4) is 0 Å². The normalized spacial score (nSPS) is 12.9. The number of aliphatic hydroxyl groups is 1. The van der Waals surface area contributed by atoms with Crippen molar-refractivity contribution in [1.29, 1.82) is 0 Å². The molecule has 0 aliphatic carbocycles. The van der Waals surface area contributed by atoms with E-state index in [1.807, 2.05) is 6.92 Å². The van der Waals surface area contributed by atoms with Crippen LogP contribution in [-0.4, -0.2) is 34.7 Å². The smallest absolute Gasteiger partial charge is 0.275 e. The average Bonchev–Trinajstić information content (AvgIpc) is 3.07. The van der Waals surface area contributed by atoms with Crippen molar-refractivity contribution in [1.82, 2.24) is 29.6 Å². The predicted molar refractivity (Wildman–Crippen MR) is 71.5 cm³/mol. The van der Waals surface area contributed by atoms with Gasteiger partial charge < -0.3 is 5.11 Å². The third-order valence-electron chi connectivity index (χ3n) is 2.85. The van der Waals surface area contributed by atoms with Gasteiger partial charge in [0.05, 0.1) is 24.5 Å². The molecule has 20 heavy (non-hydrogen) atoms. The van der Waals surface area contributed by atoms with Gasteiger partial charge in [0.2, 0.25) is 4.96 Å². The molecule has 104 valence electrons. The molecule has 0 aliphatic rings. The number of nitrogens with zero attached hydrogens (tertiary/aromatic N) is 6. The number of aliphatic hydroxyl groups excluding tert-OH is 1. The van der Waals surface area contributed by atoms with Crippen molar-refractivity contribution in [3.63, 3.8) is 0 Å². The lowest BCUT2D eigenvalue weighted by atomic mass is 10.2. The molecule has 9 heteroatoms. The lowest BCUT2D eigenvalue weighted by Gasteiger charge is -2.01. The van der Waals surface area contributed by atoms with Crippen LogP contribution in [0.15, 0.2) is 22.6 Å². The molecule has 0 aliphatic heterocycles. The molecule has 3 aromatic rings. The Bertz CT molecular complexity index is 791. The standard InChI is InChI=1S/C11H12N6O2S/c1-2-9(18)8-5-16(15-14-8)4-7-3-10(19)17-11(13-7)20-6-12-17/h3,5-6,9,18H,2,4H2,1H3. The lowest BCUT2D eigenvalue weighted by molar-refractivity contribution is 0.168. The summed E-state index contributed by atoms with van der Waals surface area (Å²) in [6.45, 7) is 2.19. The summed E-state index contributed by atoms with van der Waals surface area (Å²) < 4.78 is 2.80. The van der Waals surface area contributed by atoms with Crippen LogP contribution < -0.4 is 5.56 Å². The summed E-state index contributed by atoms with van der Waals surface area (Å²) in [5.74, 6) is 0. The van der Waals surface area contributed by atoms with Gasteiger partial charge in [-0.2, -0.15) is 9.61 Å². The van der Waals surface area contributed by atoms with Gasteiger partial charge in [-0.05, 0) is 6.42 Å². The topological polar surface area (TPSA) is 98.2 Å². The summed E-state index contributed by atoms with van der Waals surface area (Å²) in [6.07, 6.45) is 1.61. The van der Waals surface area contributed by atoms with Gasteiger partial charge in [0.1, 0.15) is 11.2 Å². The van der Waals surface area contributed by atoms with E-state index in [0.29, 0.717) is 29.3 Å². The summed E-state index contributed by atoms with van der Waals surface area (Å²) in [5.41, 5.74) is 2.45. The van der Waals surface area contributed by atoms with Crippen LogP contribution in [0.25, 0.3) is 4.96 Å². The fourth-order valence-corrected chi connectivity index (χ4v) is 2.44. The van der Waals surface area contributed by atoms with Crippen LogP contribution >= 0.6 is 11.3 Å². The minimum atomic E-state index is -0.619. The molecule has 0 spiro atoms. The van der Waals surface area contributed by atoms with E-state index in [1.54, 1.807) is 16.4 Å². The van der Waals surface area contributed by atoms with Crippen molar-refractivity contribution in [2.45, 2.75) is 26.0 Å². The maximum absolute atomic E-state index is 11.8. The fourth-order valence-electron chi connectivity index (χ4n) is 1.80. The first-order chi connectivity index (χ1) is 9.67. The Morgan fingerprint density at radius 1 is 1.50 bits per heavy atom. The Balaban J connectivity index is 1.89. The summed E-state index contributed by atoms with van der Waals surface area (Å²) in [7, 11) is 0. The quantitative estimate of drug-likeness (QED) is 0.739. The van der Waals surface area contributed by atoms with Crippen molar-refractivity contribution in [3.05, 3.63) is 39.5 Å². The molecule has 1 atom stereocenters. The van der Waals surface area contributed by atoms with Crippen LogP contribution in [0.2, 0.25) is 0 Å². The van der Waals surface area contributed by atoms with Gasteiger partial charge in [-0.15, -0.1) is 5.10 Å². The van der Waals surface area contributed by atoms with E-state index >= 15 is 0 Å². The molecule has 0 bridgehead atoms. The van der Waals surface area contributed by atoms with E-state index in [0.717, 1.165) is 0 Å². The van der Waals surface area contributed by atoms with Gasteiger partial charge in [-0.3, -0.25) is 4.79 Å². The molecule has 1 N–H and O–H groups in total. The van der Waals surface area contributed by atoms with Gasteiger partial charge in [0, 0.05) is 6.07 Å². The fraction of sp³-hybridized carbons (Fsp3) is 0.364. The Labute approximate surface area is 117 Å². The largest absolute Gasteiger partial charge is 0.387 e. The van der Waals surface area contributed by atoms with Crippen molar-refractivity contribution < 1.29 is 5.11 Å². The summed E-state index contributed by atoms with van der Waals surface area (Å²) in [5, 5.41) is 21.4. The zero-order chi connectivity index (χ0) is 14.1. The lowest BCUT2D eigenvalue weighted by Crippen LogP contribution is -2.16. The number of aromatic nitrogens is 6. The van der Waals surface area contributed by atoms with Crippen molar-refractivity contribution in [3.8, 4) is 0 Å². The second-order valence-corrected chi connectivity index (χ2v) is 5.10. The molecule has 1 unspecified atom stereocenters. The molecular weight excluding hydrogens is 280 g/mol. The third kappa shape index (κ3) is 2.32. The van der Waals surface area contributed by atoms with Crippen LogP contribution in [0.4, 0.5) is 0 Å². The van der Waals surface area contributed by atoms with E-state index in [4.69, 9.17) is 0 Å². The third-order valence-corrected chi connectivity index (χ3v) is 3.52. The van der Waals surface area contributed by atoms with E-state index in [-0.39, 0.29) is 5.56 Å². The number of hydrogen-bond donors (Lipinski definition) is 1. The van der Waals surface area contributed by atoms with E-state index < -0.39 is 6.10 Å². The second-order valence-electron chi connectivity index (χ2n) is 4.28. The summed E-state index contributed by atoms with van der Waals surface area (Å²) >= 11 is 1.30. The van der Waals surface area contributed by atoms with Crippen LogP contribution in [0.5, 0.6) is 0 Å². The summed E-state index contributed by atoms with van der Waals surface area (Å²) in [4.78, 5) is 16.7. The van der Waals surface area contributed by atoms with Crippen LogP contribution in [0.1, 0.15) is 30.8 Å². The minimum Gasteiger partial charge on any atom is -0.387 e. The Hall–Kier alpha value is -2.13. The van der Waals surface area contributed by atoms with Crippen LogP contribution in [0, 0.1) is 0 Å². The van der Waals surface area contributed by atoms with E-state index in [9.17, 15) is 9.90 Å². The zero-order valence-electron chi connectivity index (χ0n) is 10.7. The van der Waals surface area contributed by atoms with E-state index in [2.05, 4.69) is 20.4 Å². The van der Waals surface area contributed by atoms with Crippen LogP contribution in [-0.2, 0) is 6.54 Å². The summed E-state index contributed by atoms with van der Waals surface area (Å²) in [6, 6.07) is 1.42. The predicted octanol–water partition coefficient (Wildman–Crippen LogP) is 0.234. The monoisotopic (exact) mass is 292 g/mol. The number of rotatable bonds is 4. The SMILES string of the molecule is CCC(O)c1cn(Cc2cc(=O)n3ncsc3n2)nn1. The van der Waals surface area contributed by atoms with Gasteiger partial charge in [0.25, 0.3) is 5.56 Å². The highest BCUT2D eigenvalue weighted by Crippen LogP contribution is 2.12. The minimum absolute atomic E-state index is 0.222. The molecule has 0 aromatic carbocycles. The molecule has 0 saturated carbocycles. The first kappa shape index (κ1) is 12.9. The average molecular weight is 292 g/mol. The molecule has 3 aromatic heterocycles. The highest BCUT2D eigenvalue weighted by molar-refractivity contribution is 7.14.